The van der Waals surface area contributed by atoms with Crippen molar-refractivity contribution < 1.29 is 0 Å². The Balaban J connectivity index is 2.35. The van der Waals surface area contributed by atoms with Crippen LogP contribution in [0.25, 0.3) is 11.0 Å². The lowest BCUT2D eigenvalue weighted by Gasteiger charge is -2.06. The normalized spacial score (nSPS) is 16.1. The van der Waals surface area contributed by atoms with Gasteiger partial charge in [0.05, 0.1) is 23.3 Å². The van der Waals surface area contributed by atoms with Crippen LogP contribution in [0.1, 0.15) is 24.7 Å². The average Bonchev–Trinajstić information content (AvgIpc) is 2.99. The van der Waals surface area contributed by atoms with Crippen molar-refractivity contribution in [3.8, 4) is 0 Å². The summed E-state index contributed by atoms with van der Waals surface area (Å²) in [5.41, 5.74) is 14.5. The molecule has 1 fully saturated rings. The molecule has 2 aromatic rings. The molecule has 0 spiro atoms. The van der Waals surface area contributed by atoms with Gasteiger partial charge in [0.25, 0.3) is 0 Å². The minimum Gasteiger partial charge on any atom is -0.397 e. The number of aromatic nitrogens is 2. The molecule has 0 atom stereocenters. The summed E-state index contributed by atoms with van der Waals surface area (Å²) >= 11 is 0. The average molecular weight is 202 g/mol. The Bertz CT molecular complexity index is 511. The van der Waals surface area contributed by atoms with Crippen LogP contribution in [0.15, 0.2) is 18.2 Å². The smallest absolute Gasteiger partial charge is 0.123 e. The summed E-state index contributed by atoms with van der Waals surface area (Å²) in [6.07, 6.45) is 2.43. The van der Waals surface area contributed by atoms with Crippen LogP contribution in [0.2, 0.25) is 0 Å². The molecule has 1 aliphatic rings. The van der Waals surface area contributed by atoms with Crippen LogP contribution < -0.4 is 11.5 Å². The number of hydrogen-bond acceptors (Lipinski definition) is 3. The predicted molar refractivity (Wildman–Crippen MR) is 60.3 cm³/mol. The van der Waals surface area contributed by atoms with Gasteiger partial charge in [-0.15, -0.1) is 0 Å². The third-order valence-electron chi connectivity index (χ3n) is 2.91. The number of fused-ring (bicyclic) bond motifs is 1. The summed E-state index contributed by atoms with van der Waals surface area (Å²) < 4.78 is 2.21. The summed E-state index contributed by atoms with van der Waals surface area (Å²) in [5, 5.41) is 0. The second-order valence-electron chi connectivity index (χ2n) is 4.05. The lowest BCUT2D eigenvalue weighted by Crippen LogP contribution is -2.07. The monoisotopic (exact) mass is 202 g/mol. The first-order valence-electron chi connectivity index (χ1n) is 5.26. The van der Waals surface area contributed by atoms with E-state index in [4.69, 9.17) is 11.5 Å². The lowest BCUT2D eigenvalue weighted by atomic mass is 10.2. The van der Waals surface area contributed by atoms with Gasteiger partial charge in [0.1, 0.15) is 5.82 Å². The molecule has 0 radical (unpaired) electrons. The molecule has 4 N–H and O–H groups in total. The summed E-state index contributed by atoms with van der Waals surface area (Å²) in [5.74, 6) is 0.949. The van der Waals surface area contributed by atoms with Gasteiger partial charge in [-0.05, 0) is 25.0 Å². The highest BCUT2D eigenvalue weighted by atomic mass is 15.1. The van der Waals surface area contributed by atoms with Crippen LogP contribution in [0, 0.1) is 0 Å². The number of benzene rings is 1. The van der Waals surface area contributed by atoms with E-state index in [1.807, 2.05) is 18.2 Å². The summed E-state index contributed by atoms with van der Waals surface area (Å²) in [6, 6.07) is 6.41. The molecule has 1 heterocycles. The summed E-state index contributed by atoms with van der Waals surface area (Å²) in [4.78, 5) is 4.51. The Morgan fingerprint density at radius 2 is 2.20 bits per heavy atom. The van der Waals surface area contributed by atoms with E-state index in [0.717, 1.165) is 22.5 Å². The van der Waals surface area contributed by atoms with E-state index in [2.05, 4.69) is 9.55 Å². The Labute approximate surface area is 87.9 Å². The molecule has 4 heteroatoms. The molecule has 78 valence electrons. The highest BCUT2D eigenvalue weighted by Gasteiger charge is 2.28. The van der Waals surface area contributed by atoms with Gasteiger partial charge >= 0.3 is 0 Å². The van der Waals surface area contributed by atoms with Crippen molar-refractivity contribution >= 4 is 16.7 Å². The molecule has 0 saturated heterocycles. The highest BCUT2D eigenvalue weighted by Crippen LogP contribution is 2.39. The topological polar surface area (TPSA) is 69.9 Å². The first-order chi connectivity index (χ1) is 7.31. The molecule has 1 aromatic heterocycles. The van der Waals surface area contributed by atoms with E-state index in [9.17, 15) is 0 Å². The molecule has 1 saturated carbocycles. The second kappa shape index (κ2) is 2.97. The van der Waals surface area contributed by atoms with E-state index < -0.39 is 0 Å². The van der Waals surface area contributed by atoms with Crippen molar-refractivity contribution in [3.05, 3.63) is 24.0 Å². The molecule has 0 amide bonds. The molecule has 1 aromatic carbocycles. The molecule has 0 aliphatic heterocycles. The quantitative estimate of drug-likeness (QED) is 0.723. The van der Waals surface area contributed by atoms with Crippen molar-refractivity contribution in [3.63, 3.8) is 0 Å². The van der Waals surface area contributed by atoms with Crippen molar-refractivity contribution in [1.29, 1.82) is 0 Å². The fraction of sp³-hybridized carbons (Fsp3) is 0.364. The van der Waals surface area contributed by atoms with Gasteiger partial charge < -0.3 is 16.0 Å². The third kappa shape index (κ3) is 1.22. The highest BCUT2D eigenvalue weighted by molar-refractivity contribution is 5.88. The number of nitrogens with two attached hydrogens (primary N) is 2. The van der Waals surface area contributed by atoms with Crippen LogP contribution in [0.4, 0.5) is 5.69 Å². The van der Waals surface area contributed by atoms with Gasteiger partial charge in [0.2, 0.25) is 0 Å². The molecule has 4 nitrogen and oxygen atoms in total. The molecule has 0 bridgehead atoms. The largest absolute Gasteiger partial charge is 0.397 e. The lowest BCUT2D eigenvalue weighted by molar-refractivity contribution is 0.702. The van der Waals surface area contributed by atoms with Gasteiger partial charge in [0, 0.05) is 6.04 Å². The number of nitrogens with zero attached hydrogens (tertiary/aromatic N) is 2. The van der Waals surface area contributed by atoms with E-state index in [1.165, 1.54) is 12.8 Å². The minimum atomic E-state index is 0.477. The Hall–Kier alpha value is -1.55. The molecule has 3 rings (SSSR count). The zero-order valence-electron chi connectivity index (χ0n) is 8.48. The van der Waals surface area contributed by atoms with Gasteiger partial charge in [-0.1, -0.05) is 6.07 Å². The summed E-state index contributed by atoms with van der Waals surface area (Å²) in [6.45, 7) is 0.477. The SMILES string of the molecule is NCc1nc2cccc(N)c2n1C1CC1. The van der Waals surface area contributed by atoms with E-state index in [-0.39, 0.29) is 0 Å². The van der Waals surface area contributed by atoms with Crippen LogP contribution >= 0.6 is 0 Å². The van der Waals surface area contributed by atoms with Gasteiger partial charge in [-0.25, -0.2) is 4.98 Å². The zero-order valence-corrected chi connectivity index (χ0v) is 8.48. The Kier molecular flexibility index (Phi) is 1.73. The number of imidazole rings is 1. The maximum absolute atomic E-state index is 5.99. The first-order valence-corrected chi connectivity index (χ1v) is 5.26. The van der Waals surface area contributed by atoms with Crippen molar-refractivity contribution in [1.82, 2.24) is 9.55 Å². The van der Waals surface area contributed by atoms with E-state index in [1.54, 1.807) is 0 Å². The molecule has 15 heavy (non-hydrogen) atoms. The van der Waals surface area contributed by atoms with Crippen molar-refractivity contribution in [2.75, 3.05) is 5.73 Å². The molecular weight excluding hydrogens is 188 g/mol. The van der Waals surface area contributed by atoms with Gasteiger partial charge in [-0.3, -0.25) is 0 Å². The van der Waals surface area contributed by atoms with Crippen LogP contribution in [-0.4, -0.2) is 9.55 Å². The minimum absolute atomic E-state index is 0.477. The van der Waals surface area contributed by atoms with Gasteiger partial charge in [-0.2, -0.15) is 0 Å². The first kappa shape index (κ1) is 8.73. The maximum Gasteiger partial charge on any atom is 0.123 e. The molecule has 0 unspecified atom stereocenters. The Morgan fingerprint density at radius 1 is 1.40 bits per heavy atom. The van der Waals surface area contributed by atoms with Crippen LogP contribution in [0.3, 0.4) is 0 Å². The number of rotatable bonds is 2. The Morgan fingerprint density at radius 3 is 2.87 bits per heavy atom. The van der Waals surface area contributed by atoms with Crippen molar-refractivity contribution in [2.24, 2.45) is 5.73 Å². The fourth-order valence-electron chi connectivity index (χ4n) is 2.09. The van der Waals surface area contributed by atoms with Gasteiger partial charge in [0.15, 0.2) is 0 Å². The maximum atomic E-state index is 5.99. The third-order valence-corrected chi connectivity index (χ3v) is 2.91. The van der Waals surface area contributed by atoms with Crippen LogP contribution in [0.5, 0.6) is 0 Å². The van der Waals surface area contributed by atoms with E-state index >= 15 is 0 Å². The zero-order chi connectivity index (χ0) is 10.4. The number of para-hydroxylation sites is 1. The second-order valence-corrected chi connectivity index (χ2v) is 4.05. The van der Waals surface area contributed by atoms with Crippen LogP contribution in [-0.2, 0) is 6.54 Å². The van der Waals surface area contributed by atoms with E-state index in [0.29, 0.717) is 12.6 Å². The summed E-state index contributed by atoms with van der Waals surface area (Å²) in [7, 11) is 0. The fourth-order valence-corrected chi connectivity index (χ4v) is 2.09. The molecular formula is C11H14N4. The van der Waals surface area contributed by atoms with Crippen molar-refractivity contribution in [2.45, 2.75) is 25.4 Å². The number of hydrogen-bond donors (Lipinski definition) is 2. The standard InChI is InChI=1S/C11H14N4/c12-6-10-14-9-3-1-2-8(13)11(9)15(10)7-4-5-7/h1-3,7H,4-6,12-13H2. The number of nitrogen functional groups attached to an aromatic ring is 1. The molecule has 1 aliphatic carbocycles. The number of anilines is 1. The predicted octanol–water partition coefficient (Wildman–Crippen LogP) is 1.41.